The highest BCUT2D eigenvalue weighted by Gasteiger charge is 2.76. The molecule has 4 amide bonds. The monoisotopic (exact) mass is 1060 g/mol. The zero-order valence-corrected chi connectivity index (χ0v) is 41.1. The van der Waals surface area contributed by atoms with Gasteiger partial charge in [0.2, 0.25) is 23.6 Å². The summed E-state index contributed by atoms with van der Waals surface area (Å²) in [6.45, 7) is 2.14. The summed E-state index contributed by atoms with van der Waals surface area (Å²) in [7, 11) is -5.03. The number of alkyl halides is 1. The summed E-state index contributed by atoms with van der Waals surface area (Å²) in [4.78, 5) is 106. The van der Waals surface area contributed by atoms with Crippen molar-refractivity contribution in [3.63, 3.8) is 0 Å². The molecule has 8 N–H and O–H groups in total. The third-order valence-electron chi connectivity index (χ3n) is 14.6. The van der Waals surface area contributed by atoms with Crippen LogP contribution in [-0.2, 0) is 69.9 Å². The molecule has 4 fully saturated rings. The minimum atomic E-state index is -5.03. The van der Waals surface area contributed by atoms with Crippen molar-refractivity contribution >= 4 is 64.9 Å². The lowest BCUT2D eigenvalue weighted by atomic mass is 9.46. The van der Waals surface area contributed by atoms with Crippen molar-refractivity contribution in [1.82, 2.24) is 21.3 Å². The topological polar surface area (TPSA) is 303 Å². The minimum absolute atomic E-state index is 0.0342. The predicted molar refractivity (Wildman–Crippen MR) is 250 cm³/mol. The summed E-state index contributed by atoms with van der Waals surface area (Å²) >= 11 is 2.95. The van der Waals surface area contributed by atoms with E-state index in [1.54, 1.807) is 12.2 Å². The number of ketones is 2. The van der Waals surface area contributed by atoms with E-state index in [0.29, 0.717) is 31.2 Å². The average molecular weight is 1060 g/mol. The quantitative estimate of drug-likeness (QED) is 0.0386. The van der Waals surface area contributed by atoms with Crippen LogP contribution in [0, 0.1) is 28.6 Å². The maximum Gasteiger partial charge on any atom is 0.470 e. The summed E-state index contributed by atoms with van der Waals surface area (Å²) in [5.41, 5.74) is 1.16. The lowest BCUT2D eigenvalue weighted by Gasteiger charge is -2.59. The number of phosphoric acid groups is 1. The molecule has 0 radical (unpaired) electrons. The molecule has 378 valence electrons. The van der Waals surface area contributed by atoms with Gasteiger partial charge >= 0.3 is 13.8 Å². The Hall–Kier alpha value is -4.96. The van der Waals surface area contributed by atoms with Crippen LogP contribution in [-0.4, -0.2) is 117 Å². The second-order valence-corrected chi connectivity index (χ2v) is 20.8. The number of aliphatic hydroxyl groups excluding tert-OH is 1. The van der Waals surface area contributed by atoms with Gasteiger partial charge in [-0.15, -0.1) is 0 Å². The van der Waals surface area contributed by atoms with Gasteiger partial charge in [0.25, 0.3) is 0 Å². The molecule has 0 unspecified atom stereocenters. The highest BCUT2D eigenvalue weighted by Crippen LogP contribution is 2.70. The van der Waals surface area contributed by atoms with Crippen LogP contribution in [0.3, 0.4) is 0 Å². The third kappa shape index (κ3) is 11.5. The molecule has 5 aliphatic rings. The van der Waals surface area contributed by atoms with E-state index in [4.69, 9.17) is 23.8 Å². The van der Waals surface area contributed by atoms with Gasteiger partial charge < -0.3 is 55.5 Å². The van der Waals surface area contributed by atoms with E-state index < -0.39 is 110 Å². The Kier molecular flexibility index (Phi) is 16.5. The number of aliphatic carboxylic acids is 1. The second kappa shape index (κ2) is 21.8. The summed E-state index contributed by atoms with van der Waals surface area (Å²) in [6, 6.07) is 13.9. The molecule has 22 heteroatoms. The molecule has 2 aromatic carbocycles. The lowest BCUT2D eigenvalue weighted by Crippen LogP contribution is -2.63. The van der Waals surface area contributed by atoms with Crippen molar-refractivity contribution in [2.45, 2.75) is 95.5 Å². The second-order valence-electron chi connectivity index (χ2n) is 19.0. The molecule has 0 aromatic heterocycles. The number of aliphatic hydroxyl groups is 1. The first-order chi connectivity index (χ1) is 33.1. The van der Waals surface area contributed by atoms with E-state index in [0.717, 1.165) is 22.3 Å². The number of Topliss-reactive ketones (excluding diaryl/α,β-unsaturated/α-hetero) is 1. The van der Waals surface area contributed by atoms with E-state index in [1.165, 1.54) is 0 Å². The van der Waals surface area contributed by atoms with E-state index >= 15 is 0 Å². The van der Waals surface area contributed by atoms with Gasteiger partial charge in [0.15, 0.2) is 23.5 Å². The van der Waals surface area contributed by atoms with Crippen molar-refractivity contribution < 1.29 is 76.9 Å². The Balaban J connectivity index is 0.914. The van der Waals surface area contributed by atoms with Crippen molar-refractivity contribution in [2.24, 2.45) is 28.6 Å². The van der Waals surface area contributed by atoms with Gasteiger partial charge in [-0.3, -0.25) is 38.1 Å². The third-order valence-corrected chi connectivity index (χ3v) is 15.6. The average Bonchev–Trinajstić information content (AvgIpc) is 3.82. The predicted octanol–water partition coefficient (Wildman–Crippen LogP) is 2.56. The van der Waals surface area contributed by atoms with Crippen molar-refractivity contribution in [1.29, 1.82) is 0 Å². The Morgan fingerprint density at radius 2 is 1.60 bits per heavy atom. The van der Waals surface area contributed by atoms with Gasteiger partial charge in [-0.05, 0) is 79.2 Å². The Labute approximate surface area is 412 Å². The molecule has 1 saturated heterocycles. The Morgan fingerprint density at radius 3 is 2.27 bits per heavy atom. The van der Waals surface area contributed by atoms with E-state index in [2.05, 4.69) is 44.1 Å². The van der Waals surface area contributed by atoms with E-state index in [-0.39, 0.29) is 55.0 Å². The van der Waals surface area contributed by atoms with Gasteiger partial charge in [0.05, 0.1) is 37.2 Å². The normalized spacial score (nSPS) is 29.1. The van der Waals surface area contributed by atoms with Crippen LogP contribution in [0.4, 0.5) is 0 Å². The summed E-state index contributed by atoms with van der Waals surface area (Å²) in [5.74, 6) is -4.91. The first-order valence-electron chi connectivity index (χ1n) is 23.0. The van der Waals surface area contributed by atoms with Crippen LogP contribution >= 0.6 is 23.8 Å². The lowest BCUT2D eigenvalue weighted by molar-refractivity contribution is -0.200. The van der Waals surface area contributed by atoms with Gasteiger partial charge in [-0.25, -0.2) is 4.57 Å². The van der Waals surface area contributed by atoms with Gasteiger partial charge in [-0.1, -0.05) is 90.0 Å². The summed E-state index contributed by atoms with van der Waals surface area (Å²) in [6.07, 6.45) is 4.27. The number of fused-ring (bicyclic) bond motifs is 7. The number of nitrogens with one attached hydrogen (secondary N) is 4. The van der Waals surface area contributed by atoms with Crippen LogP contribution in [0.25, 0.3) is 0 Å². The highest BCUT2D eigenvalue weighted by molar-refractivity contribution is 9.09. The fraction of sp³-hybridized carbons (Fsp3) is 0.521. The van der Waals surface area contributed by atoms with Crippen LogP contribution in [0.2, 0.25) is 0 Å². The molecular weight excluding hydrogens is 999 g/mol. The molecule has 1 heterocycles. The number of hydrogen-bond donors (Lipinski definition) is 8. The van der Waals surface area contributed by atoms with Gasteiger partial charge in [0.1, 0.15) is 19.4 Å². The SMILES string of the molecule is C[C@]12C=CC(=O)C=C1CC[C@@H]1[C@@H]2[C@@H](O)C[C@@]2(C)[C@H]1C[C@H]1O[C@@H](c3ccc(Cc4ccc(COCNC(=O)CNC(=O)[C@H](CCC(=O)O)NC(=O)CNC(=O)CBr)cc4)cc3)O[C@]12C(=O)COP(=O)(O)O. The zero-order valence-electron chi connectivity index (χ0n) is 38.6. The molecule has 3 saturated carbocycles. The number of allylic oxidation sites excluding steroid dienone is 4. The number of phosphoric ester groups is 1. The number of carboxylic acids is 1. The fourth-order valence-corrected chi connectivity index (χ4v) is 11.9. The highest BCUT2D eigenvalue weighted by atomic mass is 79.9. The summed E-state index contributed by atoms with van der Waals surface area (Å²) in [5, 5.41) is 30.6. The first-order valence-corrected chi connectivity index (χ1v) is 25.6. The Bertz CT molecular complexity index is 2460. The van der Waals surface area contributed by atoms with Crippen LogP contribution in [0.5, 0.6) is 0 Å². The molecule has 2 aromatic rings. The first kappa shape index (κ1) is 52.9. The molecule has 1 aliphatic heterocycles. The molecule has 7 rings (SSSR count). The number of benzene rings is 2. The van der Waals surface area contributed by atoms with E-state index in [9.17, 15) is 53.0 Å². The van der Waals surface area contributed by atoms with Gasteiger partial charge in [0, 0.05) is 28.7 Å². The number of amides is 4. The van der Waals surface area contributed by atoms with Gasteiger partial charge in [-0.2, -0.15) is 0 Å². The van der Waals surface area contributed by atoms with Crippen LogP contribution in [0.15, 0.2) is 72.3 Å². The Morgan fingerprint density at radius 1 is 0.929 bits per heavy atom. The molecule has 70 heavy (non-hydrogen) atoms. The number of rotatable bonds is 21. The largest absolute Gasteiger partial charge is 0.481 e. The number of halogens is 1. The fourth-order valence-electron chi connectivity index (χ4n) is 11.4. The van der Waals surface area contributed by atoms with Crippen molar-refractivity contribution in [3.8, 4) is 0 Å². The maximum atomic E-state index is 14.4. The number of carbonyl (C=O) groups excluding carboxylic acids is 6. The molecule has 0 spiro atoms. The summed E-state index contributed by atoms with van der Waals surface area (Å²) < 4.78 is 35.5. The maximum absolute atomic E-state index is 14.4. The van der Waals surface area contributed by atoms with Crippen molar-refractivity contribution in [3.05, 3.63) is 94.6 Å². The molecule has 20 nitrogen and oxygen atoms in total. The van der Waals surface area contributed by atoms with E-state index in [1.807, 2.05) is 61.5 Å². The van der Waals surface area contributed by atoms with Crippen LogP contribution < -0.4 is 21.3 Å². The zero-order chi connectivity index (χ0) is 50.6. The number of carbonyl (C=O) groups is 7. The standard InChI is InChI=1S/C48H58BrN4O16P/c1-46-16-15-32(54)18-31(46)11-12-33-34-19-38-48(37(56)25-67-70(63,64)65,47(34,2)20-36(55)43(33)46)69-45(68-38)30-9-7-28(8-10-30)17-27-3-5-29(6-4-27)24-66-26-52-40(58)22-51-44(62)35(13-14-42(60)61)53-41(59)23-50-39(57)21-49/h3-10,15-16,18,33-36,38,43,45,55H,11-14,17,19-26H2,1-2H3,(H,50,57)(H,51,62)(H,52,58)(H,53,59)(H,60,61)(H2,63,64,65)/t33-,34-,35-,36-,38+,43+,45+,46-,47-,48+/m0/s1. The molecular formula is C48H58BrN4O16P. The molecule has 0 bridgehead atoms. The molecule has 4 aliphatic carbocycles. The number of hydrogen-bond acceptors (Lipinski definition) is 13. The van der Waals surface area contributed by atoms with Crippen molar-refractivity contribution in [2.75, 3.05) is 31.8 Å². The smallest absolute Gasteiger partial charge is 0.470 e. The number of ether oxygens (including phenoxy) is 3. The number of carboxylic acid groups (broad SMARTS) is 1. The van der Waals surface area contributed by atoms with Crippen LogP contribution in [0.1, 0.15) is 80.9 Å². The minimum Gasteiger partial charge on any atom is -0.481 e. The molecule has 10 atom stereocenters.